The lowest BCUT2D eigenvalue weighted by Gasteiger charge is -2.39. The molecule has 4 rings (SSSR count). The molecule has 2 atom stereocenters. The maximum absolute atomic E-state index is 13.5. The van der Waals surface area contributed by atoms with E-state index in [0.717, 1.165) is 31.4 Å². The number of halogens is 3. The number of hydrogen-bond acceptors (Lipinski definition) is 5. The molecule has 34 heavy (non-hydrogen) atoms. The van der Waals surface area contributed by atoms with Gasteiger partial charge in [-0.1, -0.05) is 18.2 Å². The van der Waals surface area contributed by atoms with Gasteiger partial charge in [0.05, 0.1) is 18.6 Å². The molecule has 3 fully saturated rings. The fraction of sp³-hybridized carbons (Fsp3) is 0.609. The Kier molecular flexibility index (Phi) is 8.19. The number of morpholine rings is 1. The monoisotopic (exact) mass is 485 g/mol. The number of benzene rings is 1. The number of likely N-dealkylation sites (tertiary alicyclic amines) is 2. The van der Waals surface area contributed by atoms with Crippen LogP contribution in [-0.2, 0) is 14.3 Å². The number of carbonyl (C=O) groups excluding carboxylic acids is 2. The van der Waals surface area contributed by atoms with E-state index >= 15 is 0 Å². The van der Waals surface area contributed by atoms with Gasteiger partial charge in [-0.25, -0.2) is 4.79 Å². The zero-order valence-electron chi connectivity index (χ0n) is 19.1. The summed E-state index contributed by atoms with van der Waals surface area (Å²) in [4.78, 5) is 41.6. The van der Waals surface area contributed by atoms with Crippen LogP contribution in [0.3, 0.4) is 0 Å². The smallest absolute Gasteiger partial charge is 0.475 e. The first-order valence-electron chi connectivity index (χ1n) is 11.3. The molecule has 0 bridgehead atoms. The van der Waals surface area contributed by atoms with Crippen LogP contribution in [0.1, 0.15) is 29.6 Å². The molecule has 3 aliphatic heterocycles. The minimum atomic E-state index is -5.08. The Morgan fingerprint density at radius 1 is 0.971 bits per heavy atom. The molecule has 3 heterocycles. The molecular formula is C23H30F3N3O5. The second kappa shape index (κ2) is 10.7. The summed E-state index contributed by atoms with van der Waals surface area (Å²) >= 11 is 0. The van der Waals surface area contributed by atoms with Gasteiger partial charge >= 0.3 is 12.1 Å². The number of alkyl halides is 3. The molecule has 1 aromatic carbocycles. The molecule has 2 amide bonds. The van der Waals surface area contributed by atoms with Crippen molar-refractivity contribution in [2.45, 2.75) is 31.5 Å². The first kappa shape index (κ1) is 26.0. The summed E-state index contributed by atoms with van der Waals surface area (Å²) in [6.45, 7) is 4.93. The lowest BCUT2D eigenvalue weighted by Crippen LogP contribution is -2.53. The molecule has 0 aromatic heterocycles. The maximum atomic E-state index is 13.5. The zero-order chi connectivity index (χ0) is 24.9. The van der Waals surface area contributed by atoms with E-state index in [0.29, 0.717) is 39.4 Å². The molecule has 0 spiro atoms. The van der Waals surface area contributed by atoms with Crippen LogP contribution in [-0.4, -0.2) is 103 Å². The Morgan fingerprint density at radius 3 is 2.15 bits per heavy atom. The van der Waals surface area contributed by atoms with Crippen LogP contribution < -0.4 is 0 Å². The summed E-state index contributed by atoms with van der Waals surface area (Å²) in [5, 5.41) is 7.12. The zero-order valence-corrected chi connectivity index (χ0v) is 19.1. The number of ether oxygens (including phenoxy) is 1. The van der Waals surface area contributed by atoms with Gasteiger partial charge in [0.2, 0.25) is 5.91 Å². The maximum Gasteiger partial charge on any atom is 0.490 e. The van der Waals surface area contributed by atoms with E-state index in [-0.39, 0.29) is 23.3 Å². The lowest BCUT2D eigenvalue weighted by molar-refractivity contribution is -0.192. The number of aliphatic carboxylic acids is 1. The highest BCUT2D eigenvalue weighted by atomic mass is 19.4. The number of hydrogen-bond donors (Lipinski definition) is 1. The van der Waals surface area contributed by atoms with Gasteiger partial charge in [-0.2, -0.15) is 13.2 Å². The molecule has 188 valence electrons. The standard InChI is InChI=1S/C21H29N3O3.C2HF3O2/c1-22-11-8-21(20(26)24-13-15-27-16-14-24)9-12-23(10-7-18(21)22)19(25)17-5-3-2-4-6-17;3-2(4,5)1(6)7/h2-6,18H,7-16H2,1H3;(H,6,7)/t18-,21-;/m1./s1. The Bertz CT molecular complexity index is 876. The van der Waals surface area contributed by atoms with Crippen LogP contribution in [0.2, 0.25) is 0 Å². The molecular weight excluding hydrogens is 455 g/mol. The van der Waals surface area contributed by atoms with Crippen molar-refractivity contribution in [2.75, 3.05) is 53.0 Å². The molecule has 0 aliphatic carbocycles. The summed E-state index contributed by atoms with van der Waals surface area (Å²) in [7, 11) is 2.12. The summed E-state index contributed by atoms with van der Waals surface area (Å²) < 4.78 is 37.2. The summed E-state index contributed by atoms with van der Waals surface area (Å²) in [5.74, 6) is -2.41. The topological polar surface area (TPSA) is 90.4 Å². The molecule has 0 saturated carbocycles. The Hall–Kier alpha value is -2.66. The fourth-order valence-electron chi connectivity index (χ4n) is 5.04. The highest BCUT2D eigenvalue weighted by Crippen LogP contribution is 2.44. The minimum Gasteiger partial charge on any atom is -0.475 e. The molecule has 0 radical (unpaired) electrons. The van der Waals surface area contributed by atoms with E-state index in [9.17, 15) is 22.8 Å². The molecule has 3 saturated heterocycles. The van der Waals surface area contributed by atoms with E-state index in [1.165, 1.54) is 0 Å². The largest absolute Gasteiger partial charge is 0.490 e. The predicted molar refractivity (Wildman–Crippen MR) is 116 cm³/mol. The number of carboxylic acids is 1. The van der Waals surface area contributed by atoms with Gasteiger partial charge in [-0.05, 0) is 45.0 Å². The number of nitrogens with zero attached hydrogens (tertiary/aromatic N) is 3. The van der Waals surface area contributed by atoms with E-state index < -0.39 is 12.1 Å². The Balaban J connectivity index is 0.000000406. The lowest BCUT2D eigenvalue weighted by atomic mass is 9.75. The molecule has 3 aliphatic rings. The number of amides is 2. The number of carbonyl (C=O) groups is 3. The fourth-order valence-corrected chi connectivity index (χ4v) is 5.04. The molecule has 1 N–H and O–H groups in total. The van der Waals surface area contributed by atoms with Gasteiger partial charge in [0.15, 0.2) is 0 Å². The van der Waals surface area contributed by atoms with E-state index in [2.05, 4.69) is 11.9 Å². The third-order valence-corrected chi connectivity index (χ3v) is 6.86. The highest BCUT2D eigenvalue weighted by Gasteiger charge is 2.54. The Morgan fingerprint density at radius 2 is 1.56 bits per heavy atom. The van der Waals surface area contributed by atoms with Gasteiger partial charge in [-0.15, -0.1) is 0 Å². The van der Waals surface area contributed by atoms with Crippen molar-refractivity contribution in [1.29, 1.82) is 0 Å². The third-order valence-electron chi connectivity index (χ3n) is 6.86. The third kappa shape index (κ3) is 5.69. The quantitative estimate of drug-likeness (QED) is 0.690. The van der Waals surface area contributed by atoms with Gasteiger partial charge in [0, 0.05) is 37.8 Å². The van der Waals surface area contributed by atoms with Gasteiger partial charge in [0.25, 0.3) is 5.91 Å². The number of rotatable bonds is 2. The van der Waals surface area contributed by atoms with Crippen LogP contribution in [0.4, 0.5) is 13.2 Å². The van der Waals surface area contributed by atoms with Crippen molar-refractivity contribution in [1.82, 2.24) is 14.7 Å². The van der Waals surface area contributed by atoms with Crippen molar-refractivity contribution >= 4 is 17.8 Å². The first-order valence-corrected chi connectivity index (χ1v) is 11.3. The van der Waals surface area contributed by atoms with Crippen LogP contribution >= 0.6 is 0 Å². The van der Waals surface area contributed by atoms with Crippen LogP contribution in [0.25, 0.3) is 0 Å². The molecule has 11 heteroatoms. The summed E-state index contributed by atoms with van der Waals surface area (Å²) in [6.07, 6.45) is -2.60. The van der Waals surface area contributed by atoms with Crippen molar-refractivity contribution in [3.8, 4) is 0 Å². The second-order valence-corrected chi connectivity index (χ2v) is 8.81. The minimum absolute atomic E-state index is 0.0761. The van der Waals surface area contributed by atoms with Crippen LogP contribution in [0.15, 0.2) is 30.3 Å². The SMILES string of the molecule is CN1CC[C@@]2(C(=O)N3CCOCC3)CCN(C(=O)c3ccccc3)CC[C@@H]12.O=C(O)C(F)(F)F. The molecule has 1 aromatic rings. The summed E-state index contributed by atoms with van der Waals surface area (Å²) in [6, 6.07) is 9.67. The van der Waals surface area contributed by atoms with Crippen molar-refractivity contribution in [2.24, 2.45) is 5.41 Å². The van der Waals surface area contributed by atoms with E-state index in [4.69, 9.17) is 14.6 Å². The van der Waals surface area contributed by atoms with Crippen molar-refractivity contribution < 1.29 is 37.4 Å². The normalized spacial score (nSPS) is 25.6. The second-order valence-electron chi connectivity index (χ2n) is 8.81. The summed E-state index contributed by atoms with van der Waals surface area (Å²) in [5.41, 5.74) is 0.365. The Labute approximate surface area is 196 Å². The number of carboxylic acid groups (broad SMARTS) is 1. The van der Waals surface area contributed by atoms with Gasteiger partial charge in [0.1, 0.15) is 0 Å². The average Bonchev–Trinajstić information content (AvgIpc) is 3.02. The molecule has 8 nitrogen and oxygen atoms in total. The van der Waals surface area contributed by atoms with E-state index in [1.54, 1.807) is 0 Å². The van der Waals surface area contributed by atoms with Crippen molar-refractivity contribution in [3.63, 3.8) is 0 Å². The number of fused-ring (bicyclic) bond motifs is 1. The van der Waals surface area contributed by atoms with Gasteiger partial charge in [-0.3, -0.25) is 9.59 Å². The predicted octanol–water partition coefficient (Wildman–Crippen LogP) is 2.11. The van der Waals surface area contributed by atoms with E-state index in [1.807, 2.05) is 40.1 Å². The molecule has 0 unspecified atom stereocenters. The van der Waals surface area contributed by atoms with Crippen molar-refractivity contribution in [3.05, 3.63) is 35.9 Å². The van der Waals surface area contributed by atoms with Crippen LogP contribution in [0, 0.1) is 5.41 Å². The highest BCUT2D eigenvalue weighted by molar-refractivity contribution is 5.94. The average molecular weight is 486 g/mol. The van der Waals surface area contributed by atoms with Crippen LogP contribution in [0.5, 0.6) is 0 Å². The first-order chi connectivity index (χ1) is 16.1. The van der Waals surface area contributed by atoms with Gasteiger partial charge < -0.3 is 24.5 Å².